The van der Waals surface area contributed by atoms with Gasteiger partial charge in [0.2, 0.25) is 0 Å². The Morgan fingerprint density at radius 3 is 3.05 bits per heavy atom. The predicted octanol–water partition coefficient (Wildman–Crippen LogP) is 2.27. The standard InChI is InChI=1S/C14H21N3O2/c1-10(5-6-13(18)19)7-8-15-14-11-3-2-4-12(11)16-9-17-14/h9-10H,2-8H2,1H3,(H,18,19)(H,15,16,17). The predicted molar refractivity (Wildman–Crippen MR) is 73.2 cm³/mol. The molecule has 2 N–H and O–H groups in total. The van der Waals surface area contributed by atoms with E-state index in [9.17, 15) is 4.79 Å². The van der Waals surface area contributed by atoms with Crippen molar-refractivity contribution in [2.45, 2.75) is 45.4 Å². The minimum absolute atomic E-state index is 0.254. The molecule has 1 unspecified atom stereocenters. The number of nitrogens with zero attached hydrogens (tertiary/aromatic N) is 2. The summed E-state index contributed by atoms with van der Waals surface area (Å²) in [5.41, 5.74) is 2.44. The number of anilines is 1. The van der Waals surface area contributed by atoms with Crippen LogP contribution in [0.3, 0.4) is 0 Å². The third-order valence-electron chi connectivity index (χ3n) is 3.66. The number of nitrogens with one attached hydrogen (secondary N) is 1. The molecule has 1 atom stereocenters. The summed E-state index contributed by atoms with van der Waals surface area (Å²) >= 11 is 0. The molecule has 0 aliphatic heterocycles. The summed E-state index contributed by atoms with van der Waals surface area (Å²) in [5.74, 6) is 0.667. The molecule has 5 heteroatoms. The van der Waals surface area contributed by atoms with Crippen LogP contribution in [-0.4, -0.2) is 27.6 Å². The Morgan fingerprint density at radius 2 is 2.26 bits per heavy atom. The number of carboxylic acids is 1. The van der Waals surface area contributed by atoms with Crippen LogP contribution in [0, 0.1) is 5.92 Å². The van der Waals surface area contributed by atoms with Crippen LogP contribution in [0.4, 0.5) is 5.82 Å². The molecule has 1 aromatic rings. The van der Waals surface area contributed by atoms with Gasteiger partial charge in [-0.2, -0.15) is 0 Å². The molecule has 1 aromatic heterocycles. The van der Waals surface area contributed by atoms with E-state index < -0.39 is 5.97 Å². The SMILES string of the molecule is CC(CCNc1ncnc2c1CCC2)CCC(=O)O. The summed E-state index contributed by atoms with van der Waals surface area (Å²) in [6.45, 7) is 2.93. The van der Waals surface area contributed by atoms with E-state index in [2.05, 4.69) is 22.2 Å². The van der Waals surface area contributed by atoms with Crippen LogP contribution in [0.25, 0.3) is 0 Å². The van der Waals surface area contributed by atoms with E-state index in [-0.39, 0.29) is 6.42 Å². The Hall–Kier alpha value is -1.65. The molecule has 0 amide bonds. The van der Waals surface area contributed by atoms with Crippen molar-refractivity contribution in [2.24, 2.45) is 5.92 Å². The Bertz CT molecular complexity index is 448. The number of carbonyl (C=O) groups is 1. The molecule has 2 rings (SSSR count). The zero-order valence-electron chi connectivity index (χ0n) is 11.4. The fourth-order valence-corrected chi connectivity index (χ4v) is 2.46. The van der Waals surface area contributed by atoms with E-state index in [0.717, 1.165) is 44.5 Å². The fraction of sp³-hybridized carbons (Fsp3) is 0.643. The second-order valence-electron chi connectivity index (χ2n) is 5.25. The van der Waals surface area contributed by atoms with Gasteiger partial charge < -0.3 is 10.4 Å². The molecule has 1 heterocycles. The van der Waals surface area contributed by atoms with E-state index >= 15 is 0 Å². The maximum absolute atomic E-state index is 10.5. The molecule has 0 radical (unpaired) electrons. The summed E-state index contributed by atoms with van der Waals surface area (Å²) in [6.07, 6.45) is 6.86. The largest absolute Gasteiger partial charge is 0.481 e. The van der Waals surface area contributed by atoms with Crippen molar-refractivity contribution in [3.05, 3.63) is 17.6 Å². The van der Waals surface area contributed by atoms with Gasteiger partial charge in [0.15, 0.2) is 0 Å². The number of hydrogen-bond donors (Lipinski definition) is 2. The van der Waals surface area contributed by atoms with Gasteiger partial charge in [0.05, 0.1) is 0 Å². The molecule has 0 spiro atoms. The maximum Gasteiger partial charge on any atom is 0.303 e. The van der Waals surface area contributed by atoms with Gasteiger partial charge in [-0.05, 0) is 38.0 Å². The zero-order valence-corrected chi connectivity index (χ0v) is 11.4. The number of aromatic nitrogens is 2. The van der Waals surface area contributed by atoms with Crippen LogP contribution in [0.2, 0.25) is 0 Å². The lowest BCUT2D eigenvalue weighted by Gasteiger charge is -2.12. The van der Waals surface area contributed by atoms with Crippen molar-refractivity contribution >= 4 is 11.8 Å². The first-order chi connectivity index (χ1) is 9.16. The molecule has 0 bridgehead atoms. The highest BCUT2D eigenvalue weighted by Crippen LogP contribution is 2.25. The molecule has 0 saturated heterocycles. The van der Waals surface area contributed by atoms with Crippen LogP contribution in [0.15, 0.2) is 6.33 Å². The van der Waals surface area contributed by atoms with Crippen LogP contribution in [0.5, 0.6) is 0 Å². The van der Waals surface area contributed by atoms with Crippen molar-refractivity contribution in [1.29, 1.82) is 0 Å². The minimum atomic E-state index is -0.714. The Morgan fingerprint density at radius 1 is 1.42 bits per heavy atom. The van der Waals surface area contributed by atoms with Gasteiger partial charge in [-0.1, -0.05) is 6.92 Å². The number of rotatable bonds is 7. The second kappa shape index (κ2) is 6.50. The summed E-state index contributed by atoms with van der Waals surface area (Å²) in [5, 5.41) is 12.0. The summed E-state index contributed by atoms with van der Waals surface area (Å²) in [4.78, 5) is 19.1. The highest BCUT2D eigenvalue weighted by Gasteiger charge is 2.16. The zero-order chi connectivity index (χ0) is 13.7. The lowest BCUT2D eigenvalue weighted by Crippen LogP contribution is -2.11. The quantitative estimate of drug-likeness (QED) is 0.789. The first-order valence-corrected chi connectivity index (χ1v) is 6.95. The average molecular weight is 263 g/mol. The van der Waals surface area contributed by atoms with Crippen molar-refractivity contribution in [3.8, 4) is 0 Å². The monoisotopic (exact) mass is 263 g/mol. The van der Waals surface area contributed by atoms with Crippen molar-refractivity contribution in [2.75, 3.05) is 11.9 Å². The molecular formula is C14H21N3O2. The number of fused-ring (bicyclic) bond motifs is 1. The number of hydrogen-bond acceptors (Lipinski definition) is 4. The maximum atomic E-state index is 10.5. The van der Waals surface area contributed by atoms with Gasteiger partial charge in [0.1, 0.15) is 12.1 Å². The Kier molecular flexibility index (Phi) is 4.71. The third-order valence-corrected chi connectivity index (χ3v) is 3.66. The smallest absolute Gasteiger partial charge is 0.303 e. The van der Waals surface area contributed by atoms with Gasteiger partial charge in [-0.25, -0.2) is 9.97 Å². The summed E-state index contributed by atoms with van der Waals surface area (Å²) in [6, 6.07) is 0. The van der Waals surface area contributed by atoms with Gasteiger partial charge in [0.25, 0.3) is 0 Å². The van der Waals surface area contributed by atoms with Crippen molar-refractivity contribution < 1.29 is 9.90 Å². The second-order valence-corrected chi connectivity index (χ2v) is 5.25. The topological polar surface area (TPSA) is 75.1 Å². The minimum Gasteiger partial charge on any atom is -0.481 e. The lowest BCUT2D eigenvalue weighted by atomic mass is 10.0. The van der Waals surface area contributed by atoms with Gasteiger partial charge in [-0.15, -0.1) is 0 Å². The highest BCUT2D eigenvalue weighted by atomic mass is 16.4. The lowest BCUT2D eigenvalue weighted by molar-refractivity contribution is -0.137. The molecule has 1 aliphatic rings. The van der Waals surface area contributed by atoms with Crippen LogP contribution in [-0.2, 0) is 17.6 Å². The molecule has 104 valence electrons. The molecular weight excluding hydrogens is 242 g/mol. The molecule has 5 nitrogen and oxygen atoms in total. The van der Waals surface area contributed by atoms with Gasteiger partial charge in [-0.3, -0.25) is 4.79 Å². The number of aryl methyl sites for hydroxylation is 1. The molecule has 1 aliphatic carbocycles. The normalized spacial score (nSPS) is 15.0. The van der Waals surface area contributed by atoms with Gasteiger partial charge in [0, 0.05) is 24.2 Å². The Labute approximate surface area is 113 Å². The van der Waals surface area contributed by atoms with E-state index in [0.29, 0.717) is 5.92 Å². The summed E-state index contributed by atoms with van der Waals surface area (Å²) < 4.78 is 0. The van der Waals surface area contributed by atoms with E-state index in [4.69, 9.17) is 5.11 Å². The number of aliphatic carboxylic acids is 1. The van der Waals surface area contributed by atoms with E-state index in [1.807, 2.05) is 0 Å². The third kappa shape index (κ3) is 3.91. The highest BCUT2D eigenvalue weighted by molar-refractivity contribution is 5.66. The first kappa shape index (κ1) is 13.8. The van der Waals surface area contributed by atoms with Crippen LogP contribution >= 0.6 is 0 Å². The van der Waals surface area contributed by atoms with E-state index in [1.165, 1.54) is 11.3 Å². The fourth-order valence-electron chi connectivity index (χ4n) is 2.46. The van der Waals surface area contributed by atoms with Crippen LogP contribution in [0.1, 0.15) is 43.9 Å². The van der Waals surface area contributed by atoms with Crippen molar-refractivity contribution in [1.82, 2.24) is 9.97 Å². The van der Waals surface area contributed by atoms with Crippen molar-refractivity contribution in [3.63, 3.8) is 0 Å². The molecule has 0 aromatic carbocycles. The van der Waals surface area contributed by atoms with Gasteiger partial charge >= 0.3 is 5.97 Å². The first-order valence-electron chi connectivity index (χ1n) is 6.95. The van der Waals surface area contributed by atoms with E-state index in [1.54, 1.807) is 6.33 Å². The molecule has 0 saturated carbocycles. The summed E-state index contributed by atoms with van der Waals surface area (Å²) in [7, 11) is 0. The molecule has 0 fully saturated rings. The molecule has 19 heavy (non-hydrogen) atoms. The number of carboxylic acid groups (broad SMARTS) is 1. The average Bonchev–Trinajstić information content (AvgIpc) is 2.85. The Balaban J connectivity index is 1.77. The van der Waals surface area contributed by atoms with Crippen LogP contribution < -0.4 is 5.32 Å².